The van der Waals surface area contributed by atoms with Gasteiger partial charge in [0.2, 0.25) is 11.8 Å². The molecule has 0 aromatic heterocycles. The highest BCUT2D eigenvalue weighted by atomic mass is 35.5. The fourth-order valence-electron chi connectivity index (χ4n) is 3.85. The number of benzene rings is 3. The summed E-state index contributed by atoms with van der Waals surface area (Å²) in [6.07, 6.45) is -4.92. The first kappa shape index (κ1) is 30.9. The molecule has 40 heavy (non-hydrogen) atoms. The van der Waals surface area contributed by atoms with Crippen LogP contribution in [0.4, 0.5) is 23.2 Å². The van der Waals surface area contributed by atoms with Gasteiger partial charge in [-0.1, -0.05) is 47.5 Å². The van der Waals surface area contributed by atoms with E-state index in [0.29, 0.717) is 10.4 Å². The number of nitrogens with one attached hydrogen (secondary N) is 1. The average Bonchev–Trinajstić information content (AvgIpc) is 2.90. The van der Waals surface area contributed by atoms with Crippen LogP contribution in [-0.4, -0.2) is 44.8 Å². The van der Waals surface area contributed by atoms with Crippen molar-refractivity contribution in [3.63, 3.8) is 0 Å². The third kappa shape index (κ3) is 6.92. The van der Waals surface area contributed by atoms with Crippen LogP contribution in [0.3, 0.4) is 0 Å². The molecule has 2 amide bonds. The highest BCUT2D eigenvalue weighted by Gasteiger charge is 2.37. The molecule has 214 valence electrons. The third-order valence-corrected chi connectivity index (χ3v) is 8.26. The molecule has 0 radical (unpaired) electrons. The number of sulfonamides is 1. The Balaban J connectivity index is 2.14. The highest BCUT2D eigenvalue weighted by Crippen LogP contribution is 2.38. The number of rotatable bonds is 9. The van der Waals surface area contributed by atoms with E-state index in [4.69, 9.17) is 11.6 Å². The molecule has 3 aromatic rings. The van der Waals surface area contributed by atoms with Crippen molar-refractivity contribution in [3.05, 3.63) is 94.3 Å². The van der Waals surface area contributed by atoms with Gasteiger partial charge in [-0.25, -0.2) is 12.8 Å². The number of likely N-dealkylation sites (N-methyl/N-ethyl adjacent to an activating group) is 1. The molecule has 0 saturated carbocycles. The lowest BCUT2D eigenvalue weighted by Crippen LogP contribution is -2.50. The minimum Gasteiger partial charge on any atom is -0.357 e. The molecule has 0 aliphatic heterocycles. The molecule has 13 heteroatoms. The summed E-state index contributed by atoms with van der Waals surface area (Å²) in [5, 5.41) is 1.72. The lowest BCUT2D eigenvalue weighted by atomic mass is 10.1. The minimum atomic E-state index is -4.92. The van der Waals surface area contributed by atoms with Crippen molar-refractivity contribution in [3.8, 4) is 0 Å². The van der Waals surface area contributed by atoms with E-state index in [0.717, 1.165) is 28.7 Å². The summed E-state index contributed by atoms with van der Waals surface area (Å²) in [5.41, 5.74) is -1.01. The van der Waals surface area contributed by atoms with Gasteiger partial charge >= 0.3 is 6.18 Å². The van der Waals surface area contributed by atoms with E-state index in [1.807, 2.05) is 0 Å². The minimum absolute atomic E-state index is 0.0467. The zero-order chi connectivity index (χ0) is 29.8. The molecule has 0 heterocycles. The van der Waals surface area contributed by atoms with Crippen LogP contribution in [0.15, 0.2) is 71.6 Å². The Morgan fingerprint density at radius 2 is 1.65 bits per heavy atom. The topological polar surface area (TPSA) is 86.8 Å². The average molecular weight is 600 g/mol. The van der Waals surface area contributed by atoms with Crippen molar-refractivity contribution < 1.29 is 35.6 Å². The molecule has 0 spiro atoms. The molecule has 1 unspecified atom stereocenters. The van der Waals surface area contributed by atoms with Crippen LogP contribution < -0.4 is 9.62 Å². The Bertz CT molecular complexity index is 1500. The number of aryl methyl sites for hydroxylation is 1. The Labute approximate surface area is 234 Å². The first-order chi connectivity index (χ1) is 18.7. The van der Waals surface area contributed by atoms with E-state index >= 15 is 0 Å². The quantitative estimate of drug-likeness (QED) is 0.344. The van der Waals surface area contributed by atoms with E-state index in [9.17, 15) is 35.6 Å². The maximum atomic E-state index is 14.5. The van der Waals surface area contributed by atoms with Crippen molar-refractivity contribution in [2.24, 2.45) is 0 Å². The molecule has 1 atom stereocenters. The van der Waals surface area contributed by atoms with Gasteiger partial charge in [-0.3, -0.25) is 13.9 Å². The maximum Gasteiger partial charge on any atom is 0.417 e. The summed E-state index contributed by atoms with van der Waals surface area (Å²) < 4.78 is 83.4. The molecule has 3 aromatic carbocycles. The van der Waals surface area contributed by atoms with Crippen molar-refractivity contribution >= 4 is 39.1 Å². The van der Waals surface area contributed by atoms with Crippen molar-refractivity contribution in [1.82, 2.24) is 10.2 Å². The van der Waals surface area contributed by atoms with Crippen LogP contribution in [0.5, 0.6) is 0 Å². The van der Waals surface area contributed by atoms with Gasteiger partial charge < -0.3 is 10.2 Å². The second-order valence-corrected chi connectivity index (χ2v) is 11.2. The van der Waals surface area contributed by atoms with Gasteiger partial charge in [0.1, 0.15) is 18.4 Å². The number of hydrogen-bond donors (Lipinski definition) is 1. The first-order valence-electron chi connectivity index (χ1n) is 11.9. The van der Waals surface area contributed by atoms with Crippen LogP contribution in [0, 0.1) is 12.7 Å². The summed E-state index contributed by atoms with van der Waals surface area (Å²) >= 11 is 5.74. The molecule has 0 aliphatic rings. The number of halogens is 5. The smallest absolute Gasteiger partial charge is 0.357 e. The van der Waals surface area contributed by atoms with Crippen LogP contribution in [-0.2, 0) is 32.3 Å². The Morgan fingerprint density at radius 3 is 2.23 bits per heavy atom. The summed E-state index contributed by atoms with van der Waals surface area (Å²) in [5.74, 6) is -2.25. The zero-order valence-electron chi connectivity index (χ0n) is 21.7. The number of carbonyl (C=O) groups excluding carboxylic acids is 2. The summed E-state index contributed by atoms with van der Waals surface area (Å²) in [6, 6.07) is 12.3. The van der Waals surface area contributed by atoms with E-state index in [1.165, 1.54) is 56.4 Å². The fourth-order valence-corrected chi connectivity index (χ4v) is 5.48. The van der Waals surface area contributed by atoms with Gasteiger partial charge in [-0.15, -0.1) is 0 Å². The maximum absolute atomic E-state index is 14.5. The van der Waals surface area contributed by atoms with E-state index < -0.39 is 69.2 Å². The van der Waals surface area contributed by atoms with Gasteiger partial charge in [0, 0.05) is 19.2 Å². The predicted molar refractivity (Wildman–Crippen MR) is 143 cm³/mol. The monoisotopic (exact) mass is 599 g/mol. The molecule has 7 nitrogen and oxygen atoms in total. The van der Waals surface area contributed by atoms with Crippen LogP contribution >= 0.6 is 11.6 Å². The van der Waals surface area contributed by atoms with E-state index in [2.05, 4.69) is 5.32 Å². The molecule has 1 N–H and O–H groups in total. The summed E-state index contributed by atoms with van der Waals surface area (Å²) in [4.78, 5) is 26.8. The zero-order valence-corrected chi connectivity index (χ0v) is 23.2. The highest BCUT2D eigenvalue weighted by molar-refractivity contribution is 7.92. The molecule has 0 fully saturated rings. The number of hydrogen-bond acceptors (Lipinski definition) is 4. The van der Waals surface area contributed by atoms with Crippen LogP contribution in [0.1, 0.15) is 23.6 Å². The second kappa shape index (κ2) is 12.3. The molecular formula is C27H26ClF4N3O4S. The Kier molecular flexibility index (Phi) is 9.47. The van der Waals surface area contributed by atoms with Crippen molar-refractivity contribution in [1.29, 1.82) is 0 Å². The lowest BCUT2D eigenvalue weighted by Gasteiger charge is -2.32. The molecule has 0 saturated heterocycles. The SMILES string of the molecule is CNC(=O)C(C)N(Cc1ccccc1F)C(=O)CN(c1ccc(Cl)c(C(F)(F)F)c1)S(=O)(=O)c1ccc(C)cc1. The third-order valence-electron chi connectivity index (χ3n) is 6.14. The van der Waals surface area contributed by atoms with Gasteiger partial charge in [0.15, 0.2) is 0 Å². The largest absolute Gasteiger partial charge is 0.417 e. The normalized spacial score (nSPS) is 12.5. The van der Waals surface area contributed by atoms with Crippen LogP contribution in [0.25, 0.3) is 0 Å². The lowest BCUT2D eigenvalue weighted by molar-refractivity contribution is -0.139. The number of alkyl halides is 3. The second-order valence-electron chi connectivity index (χ2n) is 8.89. The summed E-state index contributed by atoms with van der Waals surface area (Å²) in [6.45, 7) is 1.67. The molecule has 0 bridgehead atoms. The van der Waals surface area contributed by atoms with Gasteiger partial charge in [0.05, 0.1) is 21.2 Å². The molecule has 3 rings (SSSR count). The standard InChI is InChI=1S/C27H26ClF4N3O4S/c1-17-8-11-21(12-9-17)40(38,39)35(20-10-13-23(28)22(14-20)27(30,31)32)16-25(36)34(18(2)26(37)33-3)15-19-6-4-5-7-24(19)29/h4-14,18H,15-16H2,1-3H3,(H,33,37). The van der Waals surface area contributed by atoms with Crippen LogP contribution in [0.2, 0.25) is 5.02 Å². The Morgan fingerprint density at radius 1 is 1.02 bits per heavy atom. The fraction of sp³-hybridized carbons (Fsp3) is 0.259. The summed E-state index contributed by atoms with van der Waals surface area (Å²) in [7, 11) is -3.28. The predicted octanol–water partition coefficient (Wildman–Crippen LogP) is 5.16. The van der Waals surface area contributed by atoms with Gasteiger partial charge in [0.25, 0.3) is 10.0 Å². The Hall–Kier alpha value is -3.64. The molecular weight excluding hydrogens is 574 g/mol. The van der Waals surface area contributed by atoms with E-state index in [1.54, 1.807) is 6.92 Å². The van der Waals surface area contributed by atoms with Crippen molar-refractivity contribution in [2.45, 2.75) is 37.5 Å². The van der Waals surface area contributed by atoms with Crippen molar-refractivity contribution in [2.75, 3.05) is 17.9 Å². The number of nitrogens with zero attached hydrogens (tertiary/aromatic N) is 2. The van der Waals surface area contributed by atoms with E-state index in [-0.39, 0.29) is 10.5 Å². The number of amides is 2. The number of anilines is 1. The molecule has 0 aliphatic carbocycles. The van der Waals surface area contributed by atoms with Gasteiger partial charge in [-0.05, 0) is 50.2 Å². The van der Waals surface area contributed by atoms with Gasteiger partial charge in [-0.2, -0.15) is 13.2 Å². The number of carbonyl (C=O) groups is 2. The first-order valence-corrected chi connectivity index (χ1v) is 13.7.